The van der Waals surface area contributed by atoms with Crippen LogP contribution in [0.4, 0.5) is 0 Å². The molecule has 0 unspecified atom stereocenters. The van der Waals surface area contributed by atoms with Crippen molar-refractivity contribution in [2.75, 3.05) is 0 Å². The number of halogens is 2. The van der Waals surface area contributed by atoms with Crippen LogP contribution in [0.1, 0.15) is 68.7 Å². The van der Waals surface area contributed by atoms with E-state index >= 15 is 0 Å². The lowest BCUT2D eigenvalue weighted by molar-refractivity contribution is 0.111. The molecule has 0 bridgehead atoms. The Labute approximate surface area is 263 Å². The SMILES string of the molecule is O=Cc1cccc2ccc(CCCCc3cc(I)c(CCCCc4ccc5cccc(C=O)c5c4)cc3I)cc12. The summed E-state index contributed by atoms with van der Waals surface area (Å²) in [5.74, 6) is 0. The van der Waals surface area contributed by atoms with Gasteiger partial charge in [0.25, 0.3) is 0 Å². The number of hydrogen-bond acceptors (Lipinski definition) is 2. The minimum Gasteiger partial charge on any atom is -0.298 e. The predicted octanol–water partition coefficient (Wildman–Crippen LogP) is 9.96. The van der Waals surface area contributed by atoms with Crippen LogP contribution in [0.3, 0.4) is 0 Å². The highest BCUT2D eigenvalue weighted by Gasteiger charge is 2.09. The zero-order valence-electron chi connectivity index (χ0n) is 22.5. The van der Waals surface area contributed by atoms with Crippen molar-refractivity contribution in [1.82, 2.24) is 0 Å². The van der Waals surface area contributed by atoms with Crippen molar-refractivity contribution in [1.29, 1.82) is 0 Å². The first-order valence-corrected chi connectivity index (χ1v) is 16.1. The standard InChI is InChI=1S/C36H32I2O2/c37-35-22-30(10-4-2-8-26-16-18-28-12-6-14-32(24-40)34(28)20-26)36(38)21-29(35)9-3-1-7-25-15-17-27-11-5-13-31(23-39)33(27)19-25/h5-6,11-24H,1-4,7-10H2. The van der Waals surface area contributed by atoms with Crippen molar-refractivity contribution in [3.63, 3.8) is 0 Å². The molecule has 0 heterocycles. The van der Waals surface area contributed by atoms with E-state index in [0.29, 0.717) is 0 Å². The molecule has 0 atom stereocenters. The Morgan fingerprint density at radius 2 is 0.925 bits per heavy atom. The van der Waals surface area contributed by atoms with E-state index in [4.69, 9.17) is 0 Å². The van der Waals surface area contributed by atoms with Gasteiger partial charge < -0.3 is 0 Å². The Hall–Kier alpha value is -2.58. The van der Waals surface area contributed by atoms with Crippen molar-refractivity contribution in [3.05, 3.63) is 125 Å². The summed E-state index contributed by atoms with van der Waals surface area (Å²) in [4.78, 5) is 22.8. The fraction of sp³-hybridized carbons (Fsp3) is 0.222. The fourth-order valence-corrected chi connectivity index (χ4v) is 7.11. The Balaban J connectivity index is 1.11. The van der Waals surface area contributed by atoms with Gasteiger partial charge in [-0.2, -0.15) is 0 Å². The van der Waals surface area contributed by atoms with E-state index in [1.807, 2.05) is 24.3 Å². The number of benzene rings is 5. The van der Waals surface area contributed by atoms with E-state index in [1.54, 1.807) is 0 Å². The third-order valence-electron chi connectivity index (χ3n) is 7.75. The van der Waals surface area contributed by atoms with E-state index < -0.39 is 0 Å². The maximum atomic E-state index is 11.4. The van der Waals surface area contributed by atoms with Gasteiger partial charge in [0, 0.05) is 18.3 Å². The summed E-state index contributed by atoms with van der Waals surface area (Å²) in [5.41, 5.74) is 7.02. The Morgan fingerprint density at radius 3 is 1.35 bits per heavy atom. The van der Waals surface area contributed by atoms with Crippen molar-refractivity contribution in [2.45, 2.75) is 51.4 Å². The highest BCUT2D eigenvalue weighted by Crippen LogP contribution is 2.26. The van der Waals surface area contributed by atoms with Crippen LogP contribution >= 0.6 is 45.2 Å². The van der Waals surface area contributed by atoms with Gasteiger partial charge in [0.05, 0.1) is 0 Å². The molecule has 202 valence electrons. The van der Waals surface area contributed by atoms with Gasteiger partial charge >= 0.3 is 0 Å². The zero-order chi connectivity index (χ0) is 27.9. The fourth-order valence-electron chi connectivity index (χ4n) is 5.51. The number of rotatable bonds is 12. The molecule has 0 aromatic heterocycles. The van der Waals surface area contributed by atoms with Gasteiger partial charge in [0.1, 0.15) is 0 Å². The first-order chi connectivity index (χ1) is 19.6. The smallest absolute Gasteiger partial charge is 0.150 e. The Morgan fingerprint density at radius 1 is 0.500 bits per heavy atom. The van der Waals surface area contributed by atoms with Crippen LogP contribution in [-0.2, 0) is 25.7 Å². The summed E-state index contributed by atoms with van der Waals surface area (Å²) in [6, 6.07) is 29.6. The van der Waals surface area contributed by atoms with Crippen LogP contribution in [0.25, 0.3) is 21.5 Å². The highest BCUT2D eigenvalue weighted by atomic mass is 127. The molecular formula is C36H32I2O2. The summed E-state index contributed by atoms with van der Waals surface area (Å²) >= 11 is 5.01. The topological polar surface area (TPSA) is 34.1 Å². The Kier molecular flexibility index (Phi) is 10.0. The summed E-state index contributed by atoms with van der Waals surface area (Å²) < 4.78 is 2.73. The third kappa shape index (κ3) is 7.00. The number of unbranched alkanes of at least 4 members (excludes halogenated alkanes) is 2. The van der Waals surface area contributed by atoms with Gasteiger partial charge in [0.2, 0.25) is 0 Å². The van der Waals surface area contributed by atoms with Gasteiger partial charge in [-0.05, 0) is 152 Å². The van der Waals surface area contributed by atoms with Crippen LogP contribution < -0.4 is 0 Å². The molecule has 0 aliphatic rings. The van der Waals surface area contributed by atoms with Crippen LogP contribution in [0, 0.1) is 7.14 Å². The second-order valence-corrected chi connectivity index (χ2v) is 12.8. The van der Waals surface area contributed by atoms with E-state index in [-0.39, 0.29) is 0 Å². The molecule has 5 aromatic rings. The molecule has 0 aliphatic heterocycles. The lowest BCUT2D eigenvalue weighted by Crippen LogP contribution is -1.98. The maximum Gasteiger partial charge on any atom is 0.150 e. The van der Waals surface area contributed by atoms with E-state index in [1.165, 1.54) is 29.4 Å². The average Bonchev–Trinajstić information content (AvgIpc) is 2.98. The van der Waals surface area contributed by atoms with Crippen molar-refractivity contribution < 1.29 is 9.59 Å². The minimum absolute atomic E-state index is 0.769. The lowest BCUT2D eigenvalue weighted by Gasteiger charge is -2.11. The number of fused-ring (bicyclic) bond motifs is 2. The summed E-state index contributed by atoms with van der Waals surface area (Å²) in [5, 5.41) is 4.36. The molecule has 0 fully saturated rings. The quantitative estimate of drug-likeness (QED) is 0.0723. The summed E-state index contributed by atoms with van der Waals surface area (Å²) in [6.07, 6.45) is 10.7. The summed E-state index contributed by atoms with van der Waals surface area (Å²) in [7, 11) is 0. The molecule has 4 heteroatoms. The number of carbonyl (C=O) groups excluding carboxylic acids is 2. The Bertz CT molecular complexity index is 1550. The maximum absolute atomic E-state index is 11.4. The number of aryl methyl sites for hydroxylation is 4. The van der Waals surface area contributed by atoms with E-state index in [0.717, 1.165) is 96.6 Å². The zero-order valence-corrected chi connectivity index (χ0v) is 26.8. The monoisotopic (exact) mass is 750 g/mol. The van der Waals surface area contributed by atoms with E-state index in [9.17, 15) is 9.59 Å². The van der Waals surface area contributed by atoms with Crippen LogP contribution in [-0.4, -0.2) is 12.6 Å². The number of aldehydes is 2. The molecule has 0 amide bonds. The molecule has 5 aromatic carbocycles. The molecule has 0 saturated carbocycles. The molecule has 2 nitrogen and oxygen atoms in total. The normalized spacial score (nSPS) is 11.2. The van der Waals surface area contributed by atoms with Crippen molar-refractivity contribution >= 4 is 79.3 Å². The second kappa shape index (κ2) is 13.9. The van der Waals surface area contributed by atoms with Gasteiger partial charge in [-0.15, -0.1) is 0 Å². The summed E-state index contributed by atoms with van der Waals surface area (Å²) in [6.45, 7) is 0. The number of carbonyl (C=O) groups is 2. The molecule has 0 radical (unpaired) electrons. The van der Waals surface area contributed by atoms with Crippen molar-refractivity contribution in [2.24, 2.45) is 0 Å². The third-order valence-corrected chi connectivity index (χ3v) is 9.76. The van der Waals surface area contributed by atoms with E-state index in [2.05, 4.69) is 106 Å². The predicted molar refractivity (Wildman–Crippen MR) is 184 cm³/mol. The minimum atomic E-state index is 0.769. The van der Waals surface area contributed by atoms with Gasteiger partial charge in [-0.1, -0.05) is 72.8 Å². The molecular weight excluding hydrogens is 718 g/mol. The molecule has 0 spiro atoms. The van der Waals surface area contributed by atoms with Crippen LogP contribution in [0.5, 0.6) is 0 Å². The number of hydrogen-bond donors (Lipinski definition) is 0. The van der Waals surface area contributed by atoms with Crippen LogP contribution in [0.15, 0.2) is 84.9 Å². The molecule has 0 N–H and O–H groups in total. The highest BCUT2D eigenvalue weighted by molar-refractivity contribution is 14.1. The van der Waals surface area contributed by atoms with Crippen LogP contribution in [0.2, 0.25) is 0 Å². The van der Waals surface area contributed by atoms with Gasteiger partial charge in [-0.25, -0.2) is 0 Å². The molecule has 0 aliphatic carbocycles. The second-order valence-electron chi connectivity index (χ2n) is 10.5. The van der Waals surface area contributed by atoms with Crippen molar-refractivity contribution in [3.8, 4) is 0 Å². The first-order valence-electron chi connectivity index (χ1n) is 14.0. The molecule has 5 rings (SSSR count). The van der Waals surface area contributed by atoms with Gasteiger partial charge in [0.15, 0.2) is 12.6 Å². The molecule has 0 saturated heterocycles. The largest absolute Gasteiger partial charge is 0.298 e. The average molecular weight is 750 g/mol. The first kappa shape index (κ1) is 28.9. The van der Waals surface area contributed by atoms with Gasteiger partial charge in [-0.3, -0.25) is 9.59 Å². The lowest BCUT2D eigenvalue weighted by atomic mass is 9.97. The molecule has 40 heavy (non-hydrogen) atoms.